The van der Waals surface area contributed by atoms with Crippen LogP contribution in [0, 0.1) is 5.41 Å². The number of hydrogen-bond acceptors (Lipinski definition) is 3. The second kappa shape index (κ2) is 9.55. The van der Waals surface area contributed by atoms with Gasteiger partial charge in [0.15, 0.2) is 0 Å². The van der Waals surface area contributed by atoms with Gasteiger partial charge >= 0.3 is 5.97 Å². The van der Waals surface area contributed by atoms with Gasteiger partial charge in [-0.1, -0.05) is 61.4 Å². The minimum Gasteiger partial charge on any atom is -0.481 e. The molecule has 6 heteroatoms. The number of carboxylic acid groups (broad SMARTS) is 1. The molecule has 5 nitrogen and oxygen atoms in total. The largest absolute Gasteiger partial charge is 0.481 e. The Bertz CT molecular complexity index is 970. The molecule has 2 aromatic rings. The molecule has 0 bridgehead atoms. The minimum absolute atomic E-state index is 0.112. The Morgan fingerprint density at radius 3 is 2.55 bits per heavy atom. The van der Waals surface area contributed by atoms with E-state index in [-0.39, 0.29) is 11.8 Å². The van der Waals surface area contributed by atoms with Crippen molar-refractivity contribution >= 4 is 26.8 Å². The van der Waals surface area contributed by atoms with Gasteiger partial charge in [-0.05, 0) is 49.0 Å². The molecule has 1 saturated carbocycles. The number of benzene rings is 2. The van der Waals surface area contributed by atoms with Crippen molar-refractivity contribution < 1.29 is 18.3 Å². The number of aliphatic carboxylic acids is 1. The summed E-state index contributed by atoms with van der Waals surface area (Å²) in [7, 11) is -3.58. The Labute approximate surface area is 172 Å². The van der Waals surface area contributed by atoms with E-state index in [9.17, 15) is 13.2 Å². The van der Waals surface area contributed by atoms with E-state index in [1.807, 2.05) is 36.4 Å². The molecule has 3 rings (SSSR count). The number of nitrogens with one attached hydrogen (secondary N) is 1. The highest BCUT2D eigenvalue weighted by atomic mass is 32.2. The molecule has 1 fully saturated rings. The SMILES string of the molecule is O=C(O)CCC=CCC1(CCNS(=O)(=O)c2cccc3ccccc23)CCCC1. The number of rotatable bonds is 10. The maximum atomic E-state index is 12.9. The van der Waals surface area contributed by atoms with Crippen LogP contribution in [0.15, 0.2) is 59.5 Å². The molecule has 0 radical (unpaired) electrons. The van der Waals surface area contributed by atoms with Crippen molar-refractivity contribution in [2.24, 2.45) is 5.41 Å². The number of sulfonamides is 1. The summed E-state index contributed by atoms with van der Waals surface area (Å²) in [6, 6.07) is 12.9. The Morgan fingerprint density at radius 2 is 1.79 bits per heavy atom. The first kappa shape index (κ1) is 21.5. The molecule has 0 saturated heterocycles. The number of allylic oxidation sites excluding steroid dienone is 2. The van der Waals surface area contributed by atoms with Crippen molar-refractivity contribution in [3.63, 3.8) is 0 Å². The topological polar surface area (TPSA) is 83.5 Å². The molecule has 0 aliphatic heterocycles. The van der Waals surface area contributed by atoms with Crippen LogP contribution in [0.5, 0.6) is 0 Å². The van der Waals surface area contributed by atoms with E-state index in [4.69, 9.17) is 5.11 Å². The van der Waals surface area contributed by atoms with Crippen LogP contribution in [-0.2, 0) is 14.8 Å². The summed E-state index contributed by atoms with van der Waals surface area (Å²) < 4.78 is 28.6. The molecule has 1 aliphatic carbocycles. The van der Waals surface area contributed by atoms with Crippen molar-refractivity contribution in [3.05, 3.63) is 54.6 Å². The Hall–Kier alpha value is -2.18. The molecule has 29 heavy (non-hydrogen) atoms. The van der Waals surface area contributed by atoms with Gasteiger partial charge in [0.2, 0.25) is 10.0 Å². The average Bonchev–Trinajstić information content (AvgIpc) is 3.15. The van der Waals surface area contributed by atoms with Gasteiger partial charge in [0, 0.05) is 18.4 Å². The number of carbonyl (C=O) groups is 1. The van der Waals surface area contributed by atoms with Crippen molar-refractivity contribution in [3.8, 4) is 0 Å². The third-order valence-corrected chi connectivity index (χ3v) is 7.41. The summed E-state index contributed by atoms with van der Waals surface area (Å²) in [4.78, 5) is 10.9. The van der Waals surface area contributed by atoms with Gasteiger partial charge in [-0.15, -0.1) is 0 Å². The van der Waals surface area contributed by atoms with Crippen LogP contribution in [0.3, 0.4) is 0 Å². The molecular weight excluding hydrogens is 386 g/mol. The maximum absolute atomic E-state index is 12.9. The highest BCUT2D eigenvalue weighted by Gasteiger charge is 2.32. The van der Waals surface area contributed by atoms with Crippen LogP contribution in [-0.4, -0.2) is 26.0 Å². The summed E-state index contributed by atoms with van der Waals surface area (Å²) in [5, 5.41) is 10.4. The fourth-order valence-corrected chi connectivity index (χ4v) is 5.56. The predicted molar refractivity (Wildman–Crippen MR) is 115 cm³/mol. The highest BCUT2D eigenvalue weighted by molar-refractivity contribution is 7.89. The van der Waals surface area contributed by atoms with Gasteiger partial charge in [-0.3, -0.25) is 4.79 Å². The molecule has 0 spiro atoms. The van der Waals surface area contributed by atoms with Gasteiger partial charge in [-0.2, -0.15) is 0 Å². The van der Waals surface area contributed by atoms with E-state index in [0.29, 0.717) is 17.9 Å². The second-order valence-electron chi connectivity index (χ2n) is 7.94. The predicted octanol–water partition coefficient (Wildman–Crippen LogP) is 4.88. The zero-order valence-electron chi connectivity index (χ0n) is 16.6. The fourth-order valence-electron chi connectivity index (χ4n) is 4.30. The normalized spacial score (nSPS) is 16.6. The van der Waals surface area contributed by atoms with Crippen LogP contribution in [0.1, 0.15) is 51.4 Å². The van der Waals surface area contributed by atoms with Gasteiger partial charge in [0.1, 0.15) is 0 Å². The lowest BCUT2D eigenvalue weighted by Crippen LogP contribution is -2.29. The zero-order valence-corrected chi connectivity index (χ0v) is 17.5. The summed E-state index contributed by atoms with van der Waals surface area (Å²) >= 11 is 0. The molecular formula is C23H29NO4S. The summed E-state index contributed by atoms with van der Waals surface area (Å²) in [5.74, 6) is -0.784. The quantitative estimate of drug-likeness (QED) is 0.542. The van der Waals surface area contributed by atoms with Crippen LogP contribution in [0.2, 0.25) is 0 Å². The molecule has 2 N–H and O–H groups in total. The molecule has 0 aromatic heterocycles. The standard InChI is InChI=1S/C23H29NO4S/c25-22(26)13-2-1-5-14-23(15-6-7-16-23)17-18-24-29(27,28)21-12-8-10-19-9-3-4-11-20(19)21/h1,3-5,8-12,24H,2,6-7,13-18H2,(H,25,26). The summed E-state index contributed by atoms with van der Waals surface area (Å²) in [6.07, 6.45) is 10.9. The van der Waals surface area contributed by atoms with Gasteiger partial charge in [0.05, 0.1) is 4.90 Å². The van der Waals surface area contributed by atoms with Crippen molar-refractivity contribution in [2.45, 2.75) is 56.3 Å². The smallest absolute Gasteiger partial charge is 0.303 e. The van der Waals surface area contributed by atoms with Crippen LogP contribution in [0.4, 0.5) is 0 Å². The molecule has 0 amide bonds. The molecule has 1 aliphatic rings. The second-order valence-corrected chi connectivity index (χ2v) is 9.68. The molecule has 2 aromatic carbocycles. The summed E-state index contributed by atoms with van der Waals surface area (Å²) in [6.45, 7) is 0.411. The molecule has 0 unspecified atom stereocenters. The van der Waals surface area contributed by atoms with Gasteiger partial charge in [-0.25, -0.2) is 13.1 Å². The van der Waals surface area contributed by atoms with E-state index >= 15 is 0 Å². The minimum atomic E-state index is -3.58. The van der Waals surface area contributed by atoms with Gasteiger partial charge in [0.25, 0.3) is 0 Å². The lowest BCUT2D eigenvalue weighted by atomic mass is 9.79. The molecule has 0 heterocycles. The van der Waals surface area contributed by atoms with Crippen molar-refractivity contribution in [1.29, 1.82) is 0 Å². The first-order valence-corrected chi connectivity index (χ1v) is 11.7. The lowest BCUT2D eigenvalue weighted by molar-refractivity contribution is -0.136. The number of hydrogen-bond donors (Lipinski definition) is 2. The number of fused-ring (bicyclic) bond motifs is 1. The first-order chi connectivity index (χ1) is 13.9. The highest BCUT2D eigenvalue weighted by Crippen LogP contribution is 2.44. The van der Waals surface area contributed by atoms with E-state index < -0.39 is 16.0 Å². The van der Waals surface area contributed by atoms with Crippen LogP contribution in [0.25, 0.3) is 10.8 Å². The van der Waals surface area contributed by atoms with E-state index in [1.54, 1.807) is 12.1 Å². The molecule has 0 atom stereocenters. The number of carboxylic acids is 1. The average molecular weight is 416 g/mol. The van der Waals surface area contributed by atoms with E-state index in [1.165, 1.54) is 12.8 Å². The van der Waals surface area contributed by atoms with Crippen LogP contribution >= 0.6 is 0 Å². The lowest BCUT2D eigenvalue weighted by Gasteiger charge is -2.28. The summed E-state index contributed by atoms with van der Waals surface area (Å²) in [5.41, 5.74) is 0.112. The Kier molecular flexibility index (Phi) is 7.09. The monoisotopic (exact) mass is 415 g/mol. The fraction of sp³-hybridized carbons (Fsp3) is 0.435. The third kappa shape index (κ3) is 5.67. The van der Waals surface area contributed by atoms with Gasteiger partial charge < -0.3 is 5.11 Å². The maximum Gasteiger partial charge on any atom is 0.303 e. The van der Waals surface area contributed by atoms with E-state index in [2.05, 4.69) is 10.8 Å². The zero-order chi connectivity index (χ0) is 20.7. The van der Waals surface area contributed by atoms with E-state index in [0.717, 1.165) is 36.5 Å². The molecule has 156 valence electrons. The van der Waals surface area contributed by atoms with Crippen LogP contribution < -0.4 is 4.72 Å². The Balaban J connectivity index is 1.62. The van der Waals surface area contributed by atoms with Crippen molar-refractivity contribution in [2.75, 3.05) is 6.54 Å². The third-order valence-electron chi connectivity index (χ3n) is 5.89. The first-order valence-electron chi connectivity index (χ1n) is 10.3. The van der Waals surface area contributed by atoms with Crippen molar-refractivity contribution in [1.82, 2.24) is 4.72 Å². The Morgan fingerprint density at radius 1 is 1.07 bits per heavy atom.